The Kier molecular flexibility index (Phi) is 5.34. The minimum Gasteiger partial charge on any atom is -0.341 e. The van der Waals surface area contributed by atoms with E-state index in [-0.39, 0.29) is 5.92 Å². The standard InChI is InChI=1S/C25H28N6OS/c1-30-7-2-8-31(10-9-30)25(32)16-4-6-20-21(12-16)33-24-22(20)23(27-15-28-24)29-19-5-3-17-13-26-14-18(17)11-19/h3,5,11,14-16H,2,4,6-10,12-13H2,1H3,(H,27,28,29). The molecule has 1 fully saturated rings. The zero-order chi connectivity index (χ0) is 22.4. The van der Waals surface area contributed by atoms with E-state index in [0.717, 1.165) is 80.1 Å². The van der Waals surface area contributed by atoms with E-state index in [1.165, 1.54) is 21.6 Å². The van der Waals surface area contributed by atoms with E-state index in [2.05, 4.69) is 55.3 Å². The summed E-state index contributed by atoms with van der Waals surface area (Å²) in [5.74, 6) is 1.26. The molecule has 8 heteroatoms. The summed E-state index contributed by atoms with van der Waals surface area (Å²) in [4.78, 5) is 33.5. The summed E-state index contributed by atoms with van der Waals surface area (Å²) in [5.41, 5.74) is 4.75. The van der Waals surface area contributed by atoms with Gasteiger partial charge in [-0.3, -0.25) is 9.79 Å². The quantitative estimate of drug-likeness (QED) is 0.646. The van der Waals surface area contributed by atoms with Crippen LogP contribution >= 0.6 is 11.3 Å². The highest BCUT2D eigenvalue weighted by Crippen LogP contribution is 2.41. The van der Waals surface area contributed by atoms with Crippen molar-refractivity contribution >= 4 is 45.2 Å². The van der Waals surface area contributed by atoms with Crippen molar-refractivity contribution in [1.82, 2.24) is 19.8 Å². The van der Waals surface area contributed by atoms with E-state index in [1.807, 2.05) is 6.21 Å². The van der Waals surface area contributed by atoms with Crippen molar-refractivity contribution in [3.05, 3.63) is 46.1 Å². The van der Waals surface area contributed by atoms with E-state index in [4.69, 9.17) is 0 Å². The second-order valence-corrected chi connectivity index (χ2v) is 10.4. The molecule has 3 aromatic rings. The number of anilines is 2. The lowest BCUT2D eigenvalue weighted by Gasteiger charge is -2.28. The van der Waals surface area contributed by atoms with Crippen LogP contribution in [0, 0.1) is 5.92 Å². The molecule has 4 heterocycles. The van der Waals surface area contributed by atoms with E-state index < -0.39 is 0 Å². The monoisotopic (exact) mass is 460 g/mol. The zero-order valence-electron chi connectivity index (χ0n) is 18.9. The van der Waals surface area contributed by atoms with Gasteiger partial charge >= 0.3 is 0 Å². The van der Waals surface area contributed by atoms with Crippen LogP contribution in [-0.2, 0) is 24.2 Å². The number of hydrogen-bond acceptors (Lipinski definition) is 7. The number of thiophene rings is 1. The maximum absolute atomic E-state index is 13.3. The third kappa shape index (κ3) is 3.91. The normalized spacial score (nSPS) is 20.5. The zero-order valence-corrected chi connectivity index (χ0v) is 19.7. The van der Waals surface area contributed by atoms with Crippen molar-refractivity contribution in [2.45, 2.75) is 32.2 Å². The largest absolute Gasteiger partial charge is 0.341 e. The Balaban J connectivity index is 1.25. The van der Waals surface area contributed by atoms with Gasteiger partial charge in [-0.1, -0.05) is 6.07 Å². The number of hydrogen-bond donors (Lipinski definition) is 1. The van der Waals surface area contributed by atoms with Crippen molar-refractivity contribution in [3.63, 3.8) is 0 Å². The molecule has 1 amide bonds. The van der Waals surface area contributed by atoms with Gasteiger partial charge in [-0.25, -0.2) is 9.97 Å². The molecule has 1 aromatic carbocycles. The second kappa shape index (κ2) is 8.50. The Bertz CT molecular complexity index is 1250. The van der Waals surface area contributed by atoms with Crippen molar-refractivity contribution in [1.29, 1.82) is 0 Å². The first-order valence-electron chi connectivity index (χ1n) is 11.8. The van der Waals surface area contributed by atoms with Gasteiger partial charge < -0.3 is 15.1 Å². The number of carbonyl (C=O) groups is 1. The van der Waals surface area contributed by atoms with E-state index in [0.29, 0.717) is 5.91 Å². The van der Waals surface area contributed by atoms with Crippen molar-refractivity contribution < 1.29 is 4.79 Å². The Labute approximate surface area is 197 Å². The van der Waals surface area contributed by atoms with Crippen LogP contribution in [0.4, 0.5) is 11.5 Å². The molecule has 1 N–H and O–H groups in total. The first kappa shape index (κ1) is 20.7. The van der Waals surface area contributed by atoms with Crippen molar-refractivity contribution in [2.75, 3.05) is 38.5 Å². The fourth-order valence-corrected chi connectivity index (χ4v) is 6.52. The predicted octanol–water partition coefficient (Wildman–Crippen LogP) is 3.64. The highest BCUT2D eigenvalue weighted by Gasteiger charge is 2.32. The maximum atomic E-state index is 13.3. The third-order valence-corrected chi connectivity index (χ3v) is 8.29. The van der Waals surface area contributed by atoms with Crippen molar-refractivity contribution in [3.8, 4) is 0 Å². The van der Waals surface area contributed by atoms with E-state index in [9.17, 15) is 4.79 Å². The van der Waals surface area contributed by atoms with E-state index >= 15 is 0 Å². The molecule has 1 saturated heterocycles. The average Bonchev–Trinajstić information content (AvgIpc) is 3.38. The van der Waals surface area contributed by atoms with Crippen LogP contribution in [0.1, 0.15) is 34.4 Å². The van der Waals surface area contributed by atoms with Gasteiger partial charge in [-0.05, 0) is 68.1 Å². The molecule has 7 nitrogen and oxygen atoms in total. The Hall–Kier alpha value is -2.84. The van der Waals surface area contributed by atoms with Gasteiger partial charge in [0.1, 0.15) is 17.0 Å². The van der Waals surface area contributed by atoms with Crippen molar-refractivity contribution in [2.24, 2.45) is 10.9 Å². The number of likely N-dealkylation sites (N-methyl/N-ethyl adjacent to an activating group) is 1. The van der Waals surface area contributed by atoms with Gasteiger partial charge in [0, 0.05) is 42.3 Å². The minimum absolute atomic E-state index is 0.0781. The first-order valence-corrected chi connectivity index (χ1v) is 12.6. The molecule has 2 aliphatic heterocycles. The van der Waals surface area contributed by atoms with Crippen LogP contribution in [0.3, 0.4) is 0 Å². The summed E-state index contributed by atoms with van der Waals surface area (Å²) in [5, 5.41) is 4.64. The molecule has 0 radical (unpaired) electrons. The SMILES string of the molecule is CN1CCCN(C(=O)C2CCc3c(sc4ncnc(Nc5ccc6c(c5)C=NC6)c34)C2)CC1. The number of rotatable bonds is 3. The summed E-state index contributed by atoms with van der Waals surface area (Å²) in [7, 11) is 2.14. The summed E-state index contributed by atoms with van der Waals surface area (Å²) in [6.45, 7) is 4.52. The molecular formula is C25H28N6OS. The molecule has 1 atom stereocenters. The Morgan fingerprint density at radius 3 is 3.06 bits per heavy atom. The fourth-order valence-electron chi connectivity index (χ4n) is 5.26. The molecular weight excluding hydrogens is 432 g/mol. The molecule has 3 aliphatic rings. The number of nitrogens with zero attached hydrogens (tertiary/aromatic N) is 5. The number of carbonyl (C=O) groups excluding carboxylic acids is 1. The fraction of sp³-hybridized carbons (Fsp3) is 0.440. The molecule has 170 valence electrons. The Morgan fingerprint density at radius 1 is 1.18 bits per heavy atom. The molecule has 1 aliphatic carbocycles. The van der Waals surface area contributed by atoms with Crippen LogP contribution in [0.5, 0.6) is 0 Å². The number of aromatic nitrogens is 2. The van der Waals surface area contributed by atoms with Gasteiger partial charge in [0.05, 0.1) is 11.9 Å². The lowest BCUT2D eigenvalue weighted by atomic mass is 9.86. The van der Waals surface area contributed by atoms with Gasteiger partial charge in [-0.2, -0.15) is 0 Å². The third-order valence-electron chi connectivity index (χ3n) is 7.13. The minimum atomic E-state index is 0.0781. The summed E-state index contributed by atoms with van der Waals surface area (Å²) in [6, 6.07) is 6.35. The molecule has 6 rings (SSSR count). The van der Waals surface area contributed by atoms with Gasteiger partial charge in [-0.15, -0.1) is 11.3 Å². The second-order valence-electron chi connectivity index (χ2n) is 9.34. The van der Waals surface area contributed by atoms with E-state index in [1.54, 1.807) is 17.7 Å². The number of aliphatic imine (C=N–C) groups is 1. The number of aryl methyl sites for hydroxylation is 1. The maximum Gasteiger partial charge on any atom is 0.226 e. The molecule has 33 heavy (non-hydrogen) atoms. The number of fused-ring (bicyclic) bond motifs is 4. The number of nitrogens with one attached hydrogen (secondary N) is 1. The molecule has 2 aromatic heterocycles. The molecule has 1 unspecified atom stereocenters. The highest BCUT2D eigenvalue weighted by atomic mass is 32.1. The lowest BCUT2D eigenvalue weighted by molar-refractivity contribution is -0.135. The summed E-state index contributed by atoms with van der Waals surface area (Å²) >= 11 is 1.73. The molecule has 0 saturated carbocycles. The van der Waals surface area contributed by atoms with Crippen LogP contribution in [-0.4, -0.2) is 65.1 Å². The number of benzene rings is 1. The van der Waals surface area contributed by atoms with Gasteiger partial charge in [0.25, 0.3) is 0 Å². The first-order chi connectivity index (χ1) is 16.2. The smallest absolute Gasteiger partial charge is 0.226 e. The van der Waals surface area contributed by atoms with Crippen LogP contribution in [0.15, 0.2) is 29.5 Å². The molecule has 0 bridgehead atoms. The predicted molar refractivity (Wildman–Crippen MR) is 133 cm³/mol. The number of amides is 1. The lowest BCUT2D eigenvalue weighted by Crippen LogP contribution is -2.40. The summed E-state index contributed by atoms with van der Waals surface area (Å²) < 4.78 is 0. The molecule has 0 spiro atoms. The topological polar surface area (TPSA) is 73.7 Å². The van der Waals surface area contributed by atoms with Crippen LogP contribution in [0.2, 0.25) is 0 Å². The van der Waals surface area contributed by atoms with Crippen LogP contribution in [0.25, 0.3) is 10.2 Å². The van der Waals surface area contributed by atoms with Gasteiger partial charge in [0.15, 0.2) is 0 Å². The average molecular weight is 461 g/mol. The Morgan fingerprint density at radius 2 is 2.12 bits per heavy atom. The van der Waals surface area contributed by atoms with Crippen LogP contribution < -0.4 is 5.32 Å². The highest BCUT2D eigenvalue weighted by molar-refractivity contribution is 7.19. The van der Waals surface area contributed by atoms with Gasteiger partial charge in [0.2, 0.25) is 5.91 Å². The summed E-state index contributed by atoms with van der Waals surface area (Å²) in [6.07, 6.45) is 7.24.